The van der Waals surface area contributed by atoms with E-state index in [1.807, 2.05) is 12.1 Å². The standard InChI is InChI=1S/C12H15Cl2NO/c1-3-4-9(8-15-16-2)11-6-5-10(13)7-12(11)14/h5-9H,3-4H2,1-2H3. The number of rotatable bonds is 5. The van der Waals surface area contributed by atoms with E-state index in [0.29, 0.717) is 10.0 Å². The topological polar surface area (TPSA) is 21.6 Å². The molecular formula is C12H15Cl2NO. The summed E-state index contributed by atoms with van der Waals surface area (Å²) in [6.45, 7) is 2.12. The molecule has 1 rings (SSSR count). The number of benzene rings is 1. The molecule has 2 nitrogen and oxygen atoms in total. The molecule has 1 aromatic carbocycles. The highest BCUT2D eigenvalue weighted by Crippen LogP contribution is 2.29. The molecule has 0 spiro atoms. The monoisotopic (exact) mass is 259 g/mol. The highest BCUT2D eigenvalue weighted by molar-refractivity contribution is 6.35. The van der Waals surface area contributed by atoms with Gasteiger partial charge in [-0.15, -0.1) is 0 Å². The van der Waals surface area contributed by atoms with Gasteiger partial charge in [-0.05, 0) is 24.1 Å². The average molecular weight is 260 g/mol. The fourth-order valence-corrected chi connectivity index (χ4v) is 2.11. The van der Waals surface area contributed by atoms with Crippen molar-refractivity contribution in [1.82, 2.24) is 0 Å². The molecule has 0 bridgehead atoms. The number of oxime groups is 1. The van der Waals surface area contributed by atoms with Crippen molar-refractivity contribution < 1.29 is 4.84 Å². The van der Waals surface area contributed by atoms with E-state index in [9.17, 15) is 0 Å². The highest BCUT2D eigenvalue weighted by atomic mass is 35.5. The molecule has 0 amide bonds. The summed E-state index contributed by atoms with van der Waals surface area (Å²) in [5.41, 5.74) is 1.04. The van der Waals surface area contributed by atoms with Crippen LogP contribution in [0.2, 0.25) is 10.0 Å². The quantitative estimate of drug-likeness (QED) is 0.563. The van der Waals surface area contributed by atoms with E-state index in [4.69, 9.17) is 28.0 Å². The molecule has 1 unspecified atom stereocenters. The summed E-state index contributed by atoms with van der Waals surface area (Å²) in [6, 6.07) is 5.53. The Balaban J connectivity index is 2.95. The smallest absolute Gasteiger partial charge is 0.106 e. The third kappa shape index (κ3) is 3.69. The lowest BCUT2D eigenvalue weighted by atomic mass is 9.96. The average Bonchev–Trinajstić information content (AvgIpc) is 2.25. The summed E-state index contributed by atoms with van der Waals surface area (Å²) < 4.78 is 0. The van der Waals surface area contributed by atoms with E-state index in [-0.39, 0.29) is 5.92 Å². The van der Waals surface area contributed by atoms with Crippen LogP contribution in [-0.4, -0.2) is 13.3 Å². The lowest BCUT2D eigenvalue weighted by Gasteiger charge is -2.13. The number of hydrogen-bond donors (Lipinski definition) is 0. The summed E-state index contributed by atoms with van der Waals surface area (Å²) in [7, 11) is 1.53. The normalized spacial score (nSPS) is 13.0. The van der Waals surface area contributed by atoms with Crippen molar-refractivity contribution in [2.45, 2.75) is 25.7 Å². The molecule has 0 aliphatic rings. The van der Waals surface area contributed by atoms with Gasteiger partial charge in [0, 0.05) is 16.0 Å². The van der Waals surface area contributed by atoms with Crippen LogP contribution in [0, 0.1) is 0 Å². The fraction of sp³-hybridized carbons (Fsp3) is 0.417. The van der Waals surface area contributed by atoms with Gasteiger partial charge in [0.05, 0.1) is 6.21 Å². The SMILES string of the molecule is CCCC(C=NOC)c1ccc(Cl)cc1Cl. The van der Waals surface area contributed by atoms with Gasteiger partial charge in [-0.2, -0.15) is 0 Å². The van der Waals surface area contributed by atoms with Gasteiger partial charge in [-0.25, -0.2) is 0 Å². The molecule has 4 heteroatoms. The van der Waals surface area contributed by atoms with Gasteiger partial charge >= 0.3 is 0 Å². The largest absolute Gasteiger partial charge is 0.399 e. The van der Waals surface area contributed by atoms with Crippen molar-refractivity contribution in [3.8, 4) is 0 Å². The van der Waals surface area contributed by atoms with Gasteiger partial charge in [0.2, 0.25) is 0 Å². The van der Waals surface area contributed by atoms with E-state index in [2.05, 4.69) is 12.1 Å². The van der Waals surface area contributed by atoms with Gasteiger partial charge in [0.1, 0.15) is 7.11 Å². The van der Waals surface area contributed by atoms with E-state index in [1.54, 1.807) is 12.3 Å². The van der Waals surface area contributed by atoms with Crippen LogP contribution in [0.5, 0.6) is 0 Å². The van der Waals surface area contributed by atoms with E-state index < -0.39 is 0 Å². The van der Waals surface area contributed by atoms with Crippen LogP contribution in [0.15, 0.2) is 23.4 Å². The third-order valence-electron chi connectivity index (χ3n) is 2.31. The van der Waals surface area contributed by atoms with Gasteiger partial charge in [0.25, 0.3) is 0 Å². The maximum absolute atomic E-state index is 6.15. The van der Waals surface area contributed by atoms with Crippen LogP contribution in [-0.2, 0) is 4.84 Å². The summed E-state index contributed by atoms with van der Waals surface area (Å²) in [5.74, 6) is 0.176. The molecule has 0 saturated carbocycles. The molecule has 1 aromatic rings. The molecular weight excluding hydrogens is 245 g/mol. The first-order chi connectivity index (χ1) is 7.69. The van der Waals surface area contributed by atoms with Gasteiger partial charge < -0.3 is 4.84 Å². The Morgan fingerprint density at radius 2 is 2.19 bits per heavy atom. The molecule has 0 saturated heterocycles. The second-order valence-corrected chi connectivity index (χ2v) is 4.34. The van der Waals surface area contributed by atoms with Crippen LogP contribution in [0.4, 0.5) is 0 Å². The lowest BCUT2D eigenvalue weighted by molar-refractivity contribution is 0.214. The minimum atomic E-state index is 0.176. The zero-order chi connectivity index (χ0) is 12.0. The van der Waals surface area contributed by atoms with E-state index in [0.717, 1.165) is 18.4 Å². The Bertz CT molecular complexity index is 366. The van der Waals surface area contributed by atoms with Gasteiger partial charge in [-0.1, -0.05) is 47.8 Å². The van der Waals surface area contributed by atoms with E-state index >= 15 is 0 Å². The first-order valence-electron chi connectivity index (χ1n) is 5.20. The van der Waals surface area contributed by atoms with E-state index in [1.165, 1.54) is 7.11 Å². The van der Waals surface area contributed by atoms with Gasteiger partial charge in [-0.3, -0.25) is 0 Å². The molecule has 0 aliphatic carbocycles. The van der Waals surface area contributed by atoms with Crippen LogP contribution in [0.1, 0.15) is 31.2 Å². The molecule has 0 heterocycles. The first-order valence-corrected chi connectivity index (χ1v) is 5.96. The Labute approximate surface area is 106 Å². The number of nitrogens with zero attached hydrogens (tertiary/aromatic N) is 1. The Hall–Kier alpha value is -0.730. The number of halogens is 2. The van der Waals surface area contributed by atoms with Crippen LogP contribution < -0.4 is 0 Å². The molecule has 0 radical (unpaired) electrons. The van der Waals surface area contributed by atoms with Gasteiger partial charge in [0.15, 0.2) is 0 Å². The third-order valence-corrected chi connectivity index (χ3v) is 2.87. The number of hydrogen-bond acceptors (Lipinski definition) is 2. The van der Waals surface area contributed by atoms with Crippen molar-refractivity contribution in [1.29, 1.82) is 0 Å². The summed E-state index contributed by atoms with van der Waals surface area (Å²) in [5, 5.41) is 5.13. The highest BCUT2D eigenvalue weighted by Gasteiger charge is 2.12. The molecule has 0 fully saturated rings. The van der Waals surface area contributed by atoms with Crippen molar-refractivity contribution in [2.75, 3.05) is 7.11 Å². The molecule has 0 aromatic heterocycles. The van der Waals surface area contributed by atoms with Crippen molar-refractivity contribution in [2.24, 2.45) is 5.16 Å². The van der Waals surface area contributed by atoms with Crippen molar-refractivity contribution in [3.05, 3.63) is 33.8 Å². The second-order valence-electron chi connectivity index (χ2n) is 3.50. The van der Waals surface area contributed by atoms with Crippen LogP contribution in [0.25, 0.3) is 0 Å². The molecule has 16 heavy (non-hydrogen) atoms. The predicted molar refractivity (Wildman–Crippen MR) is 69.6 cm³/mol. The lowest BCUT2D eigenvalue weighted by Crippen LogP contribution is -2.01. The minimum Gasteiger partial charge on any atom is -0.399 e. The summed E-state index contributed by atoms with van der Waals surface area (Å²) in [4.78, 5) is 4.70. The Morgan fingerprint density at radius 3 is 2.75 bits per heavy atom. The zero-order valence-corrected chi connectivity index (χ0v) is 10.9. The molecule has 88 valence electrons. The maximum atomic E-state index is 6.15. The predicted octanol–water partition coefficient (Wildman–Crippen LogP) is 4.51. The summed E-state index contributed by atoms with van der Waals surface area (Å²) in [6.07, 6.45) is 3.81. The van der Waals surface area contributed by atoms with Crippen LogP contribution in [0.3, 0.4) is 0 Å². The first kappa shape index (κ1) is 13.3. The maximum Gasteiger partial charge on any atom is 0.106 e. The zero-order valence-electron chi connectivity index (χ0n) is 9.41. The Morgan fingerprint density at radius 1 is 1.44 bits per heavy atom. The Kier molecular flexibility index (Phi) is 5.64. The molecule has 1 atom stereocenters. The van der Waals surface area contributed by atoms with Crippen LogP contribution >= 0.6 is 23.2 Å². The molecule has 0 aliphatic heterocycles. The molecule has 0 N–H and O–H groups in total. The van der Waals surface area contributed by atoms with Crippen molar-refractivity contribution >= 4 is 29.4 Å². The minimum absolute atomic E-state index is 0.176. The summed E-state index contributed by atoms with van der Waals surface area (Å²) >= 11 is 12.0. The second kappa shape index (κ2) is 6.77. The fourth-order valence-electron chi connectivity index (χ4n) is 1.56. The van der Waals surface area contributed by atoms with Crippen molar-refractivity contribution in [3.63, 3.8) is 0 Å².